The number of carbonyl (C=O) groups is 3. The first-order chi connectivity index (χ1) is 18.9. The van der Waals surface area contributed by atoms with E-state index in [2.05, 4.69) is 16.3 Å². The normalized spacial score (nSPS) is 15.5. The number of aromatic carboxylic acids is 1. The number of rotatable bonds is 8. The molecule has 0 aliphatic carbocycles. The van der Waals surface area contributed by atoms with Crippen molar-refractivity contribution in [3.8, 4) is 0 Å². The number of benzene rings is 3. The number of carbonyl (C=O) groups excluding carboxylic acids is 2. The van der Waals surface area contributed by atoms with Gasteiger partial charge in [-0.25, -0.2) is 4.79 Å². The second-order valence-corrected chi connectivity index (χ2v) is 9.57. The maximum Gasteiger partial charge on any atom is 0.335 e. The Morgan fingerprint density at radius 2 is 1.82 bits per heavy atom. The van der Waals surface area contributed by atoms with Gasteiger partial charge in [0.05, 0.1) is 11.3 Å². The SMILES string of the molecule is O=C(O)c1ccc(NC(=O)[C@H](Cc2ccccc2)N2CCC(c3cc(Cl)ccc3N3C=CNN3)=CC2=O)cc1. The summed E-state index contributed by atoms with van der Waals surface area (Å²) in [5.41, 5.74) is 9.86. The van der Waals surface area contributed by atoms with E-state index >= 15 is 0 Å². The molecule has 9 nitrogen and oxygen atoms in total. The van der Waals surface area contributed by atoms with E-state index in [9.17, 15) is 14.4 Å². The van der Waals surface area contributed by atoms with Crippen LogP contribution in [0.5, 0.6) is 0 Å². The predicted octanol–water partition coefficient (Wildman–Crippen LogP) is 4.20. The summed E-state index contributed by atoms with van der Waals surface area (Å²) in [4.78, 5) is 39.8. The van der Waals surface area contributed by atoms with E-state index in [1.807, 2.05) is 48.7 Å². The smallest absolute Gasteiger partial charge is 0.335 e. The van der Waals surface area contributed by atoms with Crippen molar-refractivity contribution in [2.24, 2.45) is 0 Å². The number of amides is 2. The lowest BCUT2D eigenvalue weighted by Crippen LogP contribution is -2.49. The topological polar surface area (TPSA) is 114 Å². The molecule has 0 aromatic heterocycles. The van der Waals surface area contributed by atoms with E-state index in [4.69, 9.17) is 16.7 Å². The lowest BCUT2D eigenvalue weighted by atomic mass is 9.95. The van der Waals surface area contributed by atoms with E-state index < -0.39 is 12.0 Å². The third-order valence-electron chi connectivity index (χ3n) is 6.61. The molecule has 0 saturated heterocycles. The van der Waals surface area contributed by atoms with Gasteiger partial charge in [-0.3, -0.25) is 14.6 Å². The molecule has 1 atom stereocenters. The summed E-state index contributed by atoms with van der Waals surface area (Å²) in [5.74, 6) is -1.68. The van der Waals surface area contributed by atoms with Gasteiger partial charge in [0, 0.05) is 47.7 Å². The first kappa shape index (κ1) is 26.0. The van der Waals surface area contributed by atoms with Gasteiger partial charge in [-0.2, -0.15) is 0 Å². The molecule has 10 heteroatoms. The Hall–Kier alpha value is -4.60. The quantitative estimate of drug-likeness (QED) is 0.336. The van der Waals surface area contributed by atoms with Gasteiger partial charge in [0.25, 0.3) is 0 Å². The molecule has 2 heterocycles. The van der Waals surface area contributed by atoms with E-state index in [0.717, 1.165) is 22.4 Å². The van der Waals surface area contributed by atoms with E-state index in [1.165, 1.54) is 24.3 Å². The molecular weight excluding hydrogens is 518 g/mol. The molecule has 5 rings (SSSR count). The van der Waals surface area contributed by atoms with Crippen LogP contribution in [0.2, 0.25) is 5.02 Å². The molecule has 39 heavy (non-hydrogen) atoms. The summed E-state index contributed by atoms with van der Waals surface area (Å²) >= 11 is 6.31. The molecule has 0 spiro atoms. The Morgan fingerprint density at radius 3 is 2.49 bits per heavy atom. The summed E-state index contributed by atoms with van der Waals surface area (Å²) < 4.78 is 0. The van der Waals surface area contributed by atoms with Crippen LogP contribution in [0.1, 0.15) is 27.9 Å². The number of halogens is 1. The average Bonchev–Trinajstić information content (AvgIpc) is 3.48. The second-order valence-electron chi connectivity index (χ2n) is 9.13. The zero-order valence-electron chi connectivity index (χ0n) is 20.8. The maximum absolute atomic E-state index is 13.5. The van der Waals surface area contributed by atoms with Crippen LogP contribution in [0.15, 0.2) is 91.3 Å². The molecule has 0 unspecified atom stereocenters. The van der Waals surface area contributed by atoms with Crippen LogP contribution in [0.3, 0.4) is 0 Å². The first-order valence-electron chi connectivity index (χ1n) is 12.4. The van der Waals surface area contributed by atoms with Crippen LogP contribution in [-0.2, 0) is 16.0 Å². The van der Waals surface area contributed by atoms with E-state index in [-0.39, 0.29) is 17.4 Å². The second kappa shape index (κ2) is 11.4. The van der Waals surface area contributed by atoms with Crippen LogP contribution in [0, 0.1) is 0 Å². The van der Waals surface area contributed by atoms with Gasteiger partial charge in [0.15, 0.2) is 0 Å². The predicted molar refractivity (Wildman–Crippen MR) is 150 cm³/mol. The molecule has 4 N–H and O–H groups in total. The summed E-state index contributed by atoms with van der Waals surface area (Å²) in [6.45, 7) is 0.334. The van der Waals surface area contributed by atoms with E-state index in [0.29, 0.717) is 30.1 Å². The third-order valence-corrected chi connectivity index (χ3v) is 6.84. The van der Waals surface area contributed by atoms with Crippen molar-refractivity contribution in [1.82, 2.24) is 15.9 Å². The van der Waals surface area contributed by atoms with E-state index in [1.54, 1.807) is 28.3 Å². The average molecular weight is 544 g/mol. The van der Waals surface area contributed by atoms with Crippen molar-refractivity contribution in [3.63, 3.8) is 0 Å². The number of hydrazine groups is 2. The van der Waals surface area contributed by atoms with Crippen molar-refractivity contribution in [1.29, 1.82) is 0 Å². The lowest BCUT2D eigenvalue weighted by Gasteiger charge is -2.34. The molecular formula is C29H26ClN5O4. The maximum atomic E-state index is 13.5. The van der Waals surface area contributed by atoms with Gasteiger partial charge in [0.2, 0.25) is 11.8 Å². The van der Waals surface area contributed by atoms with Crippen molar-refractivity contribution in [2.75, 3.05) is 16.9 Å². The summed E-state index contributed by atoms with van der Waals surface area (Å²) in [6, 6.07) is 20.1. The highest BCUT2D eigenvalue weighted by atomic mass is 35.5. The van der Waals surface area contributed by atoms with Gasteiger partial charge in [-0.05, 0) is 60.0 Å². The molecule has 2 aliphatic rings. The fourth-order valence-electron chi connectivity index (χ4n) is 4.65. The Morgan fingerprint density at radius 1 is 1.05 bits per heavy atom. The van der Waals surface area contributed by atoms with Crippen LogP contribution < -0.4 is 21.3 Å². The van der Waals surface area contributed by atoms with Gasteiger partial charge < -0.3 is 20.7 Å². The Balaban J connectivity index is 1.41. The largest absolute Gasteiger partial charge is 0.478 e. The minimum Gasteiger partial charge on any atom is -0.478 e. The molecule has 0 radical (unpaired) electrons. The van der Waals surface area contributed by atoms with Crippen LogP contribution in [0.25, 0.3) is 5.57 Å². The number of nitrogens with one attached hydrogen (secondary N) is 3. The molecule has 2 amide bonds. The van der Waals surface area contributed by atoms with Crippen LogP contribution >= 0.6 is 11.6 Å². The molecule has 0 saturated carbocycles. The zero-order chi connectivity index (χ0) is 27.4. The standard InChI is InChI=1S/C29H26ClN5O4/c30-22-8-11-25(35-15-13-31-33-35)24(18-22)21-12-14-34(27(36)17-21)26(16-19-4-2-1-3-5-19)28(37)32-23-9-6-20(7-10-23)29(38)39/h1-11,13,15,17-18,26,31,33H,12,14,16H2,(H,32,37)(H,38,39)/t26-/m0/s1. The van der Waals surface area contributed by atoms with Gasteiger partial charge in [-0.1, -0.05) is 41.9 Å². The molecule has 2 aliphatic heterocycles. The van der Waals surface area contributed by atoms with Crippen molar-refractivity contribution in [3.05, 3.63) is 113 Å². The Bertz CT molecular complexity index is 1460. The fraction of sp³-hybridized carbons (Fsp3) is 0.138. The summed E-state index contributed by atoms with van der Waals surface area (Å²) in [5, 5.41) is 14.3. The fourth-order valence-corrected chi connectivity index (χ4v) is 4.82. The monoisotopic (exact) mass is 543 g/mol. The number of carboxylic acids is 1. The van der Waals surface area contributed by atoms with Gasteiger partial charge in [0.1, 0.15) is 6.04 Å². The molecule has 0 bridgehead atoms. The number of hydrogen-bond acceptors (Lipinski definition) is 6. The minimum absolute atomic E-state index is 0.119. The summed E-state index contributed by atoms with van der Waals surface area (Å²) in [7, 11) is 0. The molecule has 3 aromatic rings. The lowest BCUT2D eigenvalue weighted by molar-refractivity contribution is -0.135. The van der Waals surface area contributed by atoms with Crippen LogP contribution in [-0.4, -0.2) is 40.4 Å². The van der Waals surface area contributed by atoms with Gasteiger partial charge >= 0.3 is 5.97 Å². The van der Waals surface area contributed by atoms with Crippen molar-refractivity contribution < 1.29 is 19.5 Å². The van der Waals surface area contributed by atoms with Crippen LogP contribution in [0.4, 0.5) is 11.4 Å². The summed E-state index contributed by atoms with van der Waals surface area (Å²) in [6.07, 6.45) is 6.00. The number of hydrogen-bond donors (Lipinski definition) is 4. The number of nitrogens with zero attached hydrogens (tertiary/aromatic N) is 2. The number of anilines is 2. The minimum atomic E-state index is -1.05. The van der Waals surface area contributed by atoms with Crippen molar-refractivity contribution >= 4 is 46.3 Å². The van der Waals surface area contributed by atoms with Crippen molar-refractivity contribution in [2.45, 2.75) is 18.9 Å². The highest BCUT2D eigenvalue weighted by Gasteiger charge is 2.32. The molecule has 3 aromatic carbocycles. The van der Waals surface area contributed by atoms with Gasteiger partial charge in [-0.15, -0.1) is 5.53 Å². The zero-order valence-corrected chi connectivity index (χ0v) is 21.6. The molecule has 0 fully saturated rings. The highest BCUT2D eigenvalue weighted by molar-refractivity contribution is 6.31. The highest BCUT2D eigenvalue weighted by Crippen LogP contribution is 2.34. The number of carboxylic acid groups (broad SMARTS) is 1. The Labute approximate surface area is 230 Å². The Kier molecular flexibility index (Phi) is 7.62. The first-order valence-corrected chi connectivity index (χ1v) is 12.7. The molecule has 198 valence electrons. The third kappa shape index (κ3) is 5.95.